The molecule has 5 heteroatoms. The van der Waals surface area contributed by atoms with Crippen molar-refractivity contribution < 1.29 is 9.53 Å². The van der Waals surface area contributed by atoms with E-state index in [-0.39, 0.29) is 11.6 Å². The molecule has 1 aromatic rings. The summed E-state index contributed by atoms with van der Waals surface area (Å²) in [6.45, 7) is 0. The SMILES string of the molecule is COc1c(Cl)ccnc1C(=O)N(C)C. The molecule has 0 saturated carbocycles. The smallest absolute Gasteiger partial charge is 0.275 e. The molecule has 0 aliphatic heterocycles. The average Bonchev–Trinajstić information content (AvgIpc) is 2.16. The van der Waals surface area contributed by atoms with Crippen molar-refractivity contribution in [3.63, 3.8) is 0 Å². The average molecular weight is 215 g/mol. The van der Waals surface area contributed by atoms with Gasteiger partial charge >= 0.3 is 0 Å². The van der Waals surface area contributed by atoms with Crippen LogP contribution in [-0.2, 0) is 0 Å². The van der Waals surface area contributed by atoms with Crippen LogP contribution >= 0.6 is 11.6 Å². The quantitative estimate of drug-likeness (QED) is 0.748. The second-order valence-corrected chi connectivity index (χ2v) is 3.28. The molecular weight excluding hydrogens is 204 g/mol. The van der Waals surface area contributed by atoms with Crippen molar-refractivity contribution in [3.05, 3.63) is 23.0 Å². The lowest BCUT2D eigenvalue weighted by atomic mass is 10.3. The Morgan fingerprint density at radius 2 is 2.21 bits per heavy atom. The molecule has 1 rings (SSSR count). The number of ether oxygens (including phenoxy) is 1. The number of rotatable bonds is 2. The minimum absolute atomic E-state index is 0.227. The Labute approximate surface area is 87.4 Å². The predicted molar refractivity (Wildman–Crippen MR) is 53.8 cm³/mol. The Morgan fingerprint density at radius 3 is 2.71 bits per heavy atom. The largest absolute Gasteiger partial charge is 0.493 e. The number of pyridine rings is 1. The standard InChI is InChI=1S/C9H11ClN2O2/c1-12(2)9(13)7-8(14-3)6(10)4-5-11-7/h4-5H,1-3H3. The molecule has 14 heavy (non-hydrogen) atoms. The van der Waals surface area contributed by atoms with E-state index < -0.39 is 0 Å². The summed E-state index contributed by atoms with van der Waals surface area (Å²) in [5, 5.41) is 0.382. The zero-order valence-corrected chi connectivity index (χ0v) is 9.00. The van der Waals surface area contributed by atoms with E-state index in [1.165, 1.54) is 18.2 Å². The monoisotopic (exact) mass is 214 g/mol. The third-order valence-electron chi connectivity index (χ3n) is 1.67. The number of amides is 1. The highest BCUT2D eigenvalue weighted by Crippen LogP contribution is 2.26. The van der Waals surface area contributed by atoms with E-state index in [2.05, 4.69) is 4.98 Å². The summed E-state index contributed by atoms with van der Waals surface area (Å²) in [6, 6.07) is 1.58. The molecule has 0 saturated heterocycles. The third-order valence-corrected chi connectivity index (χ3v) is 1.97. The molecule has 0 spiro atoms. The van der Waals surface area contributed by atoms with Gasteiger partial charge in [0.15, 0.2) is 11.4 Å². The minimum Gasteiger partial charge on any atom is -0.493 e. The summed E-state index contributed by atoms with van der Waals surface area (Å²) in [6.07, 6.45) is 1.47. The molecule has 0 fully saturated rings. The fourth-order valence-electron chi connectivity index (χ4n) is 0.983. The maximum atomic E-state index is 11.6. The molecule has 0 bridgehead atoms. The first-order valence-electron chi connectivity index (χ1n) is 3.98. The Balaban J connectivity index is 3.20. The van der Waals surface area contributed by atoms with Gasteiger partial charge in [0.1, 0.15) is 0 Å². The fraction of sp³-hybridized carbons (Fsp3) is 0.333. The van der Waals surface area contributed by atoms with E-state index in [0.29, 0.717) is 10.8 Å². The van der Waals surface area contributed by atoms with Crippen molar-refractivity contribution in [1.82, 2.24) is 9.88 Å². The molecule has 0 unspecified atom stereocenters. The highest BCUT2D eigenvalue weighted by atomic mass is 35.5. The van der Waals surface area contributed by atoms with E-state index in [0.717, 1.165) is 0 Å². The summed E-state index contributed by atoms with van der Waals surface area (Å²) in [5.74, 6) is 0.0808. The van der Waals surface area contributed by atoms with Gasteiger partial charge in [-0.05, 0) is 6.07 Å². The van der Waals surface area contributed by atoms with E-state index in [1.807, 2.05) is 0 Å². The van der Waals surface area contributed by atoms with Crippen molar-refractivity contribution in [2.45, 2.75) is 0 Å². The number of methoxy groups -OCH3 is 1. The van der Waals surface area contributed by atoms with Gasteiger partial charge in [0.05, 0.1) is 12.1 Å². The first-order chi connectivity index (χ1) is 6.57. The second-order valence-electron chi connectivity index (χ2n) is 2.87. The highest BCUT2D eigenvalue weighted by Gasteiger charge is 2.17. The summed E-state index contributed by atoms with van der Waals surface area (Å²) in [4.78, 5) is 16.9. The predicted octanol–water partition coefficient (Wildman–Crippen LogP) is 1.45. The van der Waals surface area contributed by atoms with Crippen LogP contribution in [0.3, 0.4) is 0 Å². The molecule has 1 heterocycles. The van der Waals surface area contributed by atoms with Gasteiger partial charge in [0.2, 0.25) is 0 Å². The van der Waals surface area contributed by atoms with Gasteiger partial charge in [0, 0.05) is 20.3 Å². The van der Waals surface area contributed by atoms with Gasteiger partial charge in [0.25, 0.3) is 5.91 Å². The molecule has 4 nitrogen and oxygen atoms in total. The number of nitrogens with zero attached hydrogens (tertiary/aromatic N) is 2. The van der Waals surface area contributed by atoms with E-state index in [1.54, 1.807) is 20.2 Å². The van der Waals surface area contributed by atoms with Crippen molar-refractivity contribution in [3.8, 4) is 5.75 Å². The van der Waals surface area contributed by atoms with E-state index in [9.17, 15) is 4.79 Å². The van der Waals surface area contributed by atoms with Crippen LogP contribution in [0.4, 0.5) is 0 Å². The third kappa shape index (κ3) is 1.96. The number of aromatic nitrogens is 1. The van der Waals surface area contributed by atoms with Crippen LogP contribution < -0.4 is 4.74 Å². The molecule has 1 aromatic heterocycles. The van der Waals surface area contributed by atoms with Crippen LogP contribution in [0.25, 0.3) is 0 Å². The number of carbonyl (C=O) groups excluding carboxylic acids is 1. The summed E-state index contributed by atoms with van der Waals surface area (Å²) in [5.41, 5.74) is 0.227. The lowest BCUT2D eigenvalue weighted by molar-refractivity contribution is 0.0818. The van der Waals surface area contributed by atoms with Crippen molar-refractivity contribution in [1.29, 1.82) is 0 Å². The van der Waals surface area contributed by atoms with Gasteiger partial charge in [-0.1, -0.05) is 11.6 Å². The molecule has 0 N–H and O–H groups in total. The lowest BCUT2D eigenvalue weighted by Crippen LogP contribution is -2.23. The van der Waals surface area contributed by atoms with Gasteiger partial charge in [-0.2, -0.15) is 0 Å². The van der Waals surface area contributed by atoms with Crippen LogP contribution in [-0.4, -0.2) is 37.0 Å². The minimum atomic E-state index is -0.232. The van der Waals surface area contributed by atoms with Gasteiger partial charge in [-0.15, -0.1) is 0 Å². The number of hydrogen-bond donors (Lipinski definition) is 0. The van der Waals surface area contributed by atoms with Crippen molar-refractivity contribution in [2.24, 2.45) is 0 Å². The molecule has 0 aliphatic carbocycles. The topological polar surface area (TPSA) is 42.4 Å². The first kappa shape index (κ1) is 10.8. The number of hydrogen-bond acceptors (Lipinski definition) is 3. The number of carbonyl (C=O) groups is 1. The molecule has 76 valence electrons. The maximum absolute atomic E-state index is 11.6. The second kappa shape index (κ2) is 4.28. The van der Waals surface area contributed by atoms with Crippen molar-refractivity contribution >= 4 is 17.5 Å². The van der Waals surface area contributed by atoms with Gasteiger partial charge < -0.3 is 9.64 Å². The summed E-state index contributed by atoms with van der Waals surface area (Å²) in [7, 11) is 4.74. The Hall–Kier alpha value is -1.29. The summed E-state index contributed by atoms with van der Waals surface area (Å²) < 4.78 is 5.01. The first-order valence-corrected chi connectivity index (χ1v) is 4.36. The number of halogens is 1. The molecule has 0 aliphatic rings. The van der Waals surface area contributed by atoms with Crippen LogP contribution in [0.15, 0.2) is 12.3 Å². The Kier molecular flexibility index (Phi) is 3.30. The molecule has 0 aromatic carbocycles. The normalized spacial score (nSPS) is 9.71. The lowest BCUT2D eigenvalue weighted by Gasteiger charge is -2.12. The Bertz CT molecular complexity index is 353. The molecule has 0 radical (unpaired) electrons. The maximum Gasteiger partial charge on any atom is 0.275 e. The van der Waals surface area contributed by atoms with Crippen molar-refractivity contribution in [2.75, 3.05) is 21.2 Å². The fourth-order valence-corrected chi connectivity index (χ4v) is 1.21. The van der Waals surface area contributed by atoms with Gasteiger partial charge in [-0.3, -0.25) is 4.79 Å². The zero-order valence-electron chi connectivity index (χ0n) is 8.24. The zero-order chi connectivity index (χ0) is 10.7. The highest BCUT2D eigenvalue weighted by molar-refractivity contribution is 6.32. The van der Waals surface area contributed by atoms with Crippen LogP contribution in [0.1, 0.15) is 10.5 Å². The Morgan fingerprint density at radius 1 is 1.57 bits per heavy atom. The van der Waals surface area contributed by atoms with Crippen LogP contribution in [0, 0.1) is 0 Å². The summed E-state index contributed by atoms with van der Waals surface area (Å²) >= 11 is 5.84. The van der Waals surface area contributed by atoms with Crippen LogP contribution in [0.5, 0.6) is 5.75 Å². The van der Waals surface area contributed by atoms with Crippen LogP contribution in [0.2, 0.25) is 5.02 Å². The molecule has 0 atom stereocenters. The van der Waals surface area contributed by atoms with Gasteiger partial charge in [-0.25, -0.2) is 4.98 Å². The molecular formula is C9H11ClN2O2. The van der Waals surface area contributed by atoms with E-state index in [4.69, 9.17) is 16.3 Å². The van der Waals surface area contributed by atoms with E-state index >= 15 is 0 Å². The molecule has 1 amide bonds.